The molecule has 1 amide bonds. The summed E-state index contributed by atoms with van der Waals surface area (Å²) in [5.74, 6) is -0.0801. The second-order valence-electron chi connectivity index (χ2n) is 5.11. The molecule has 0 bridgehead atoms. The molecule has 3 rings (SSSR count). The smallest absolute Gasteiger partial charge is 0.251 e. The molecule has 0 aliphatic carbocycles. The number of fused-ring (bicyclic) bond motifs is 1. The minimum Gasteiger partial charge on any atom is -0.502 e. The van der Waals surface area contributed by atoms with Crippen LogP contribution in [0.3, 0.4) is 0 Å². The molecule has 0 aliphatic heterocycles. The SMILES string of the molecule is COc1cc(C(=O)NCc2cccn3nccc23)cc(OC)c1O. The summed E-state index contributed by atoms with van der Waals surface area (Å²) in [6.07, 6.45) is 3.55. The second-order valence-corrected chi connectivity index (χ2v) is 5.11. The van der Waals surface area contributed by atoms with Crippen molar-refractivity contribution in [2.75, 3.05) is 14.2 Å². The number of nitrogens with one attached hydrogen (secondary N) is 1. The number of amides is 1. The van der Waals surface area contributed by atoms with Crippen molar-refractivity contribution >= 4 is 11.4 Å². The summed E-state index contributed by atoms with van der Waals surface area (Å²) in [4.78, 5) is 12.4. The Morgan fingerprint density at radius 3 is 2.62 bits per heavy atom. The number of carbonyl (C=O) groups excluding carboxylic acids is 1. The van der Waals surface area contributed by atoms with Gasteiger partial charge >= 0.3 is 0 Å². The van der Waals surface area contributed by atoms with Crippen LogP contribution in [-0.4, -0.2) is 34.8 Å². The number of phenols is 1. The Hall–Kier alpha value is -3.22. The molecule has 124 valence electrons. The third kappa shape index (κ3) is 2.83. The number of rotatable bonds is 5. The highest BCUT2D eigenvalue weighted by Crippen LogP contribution is 2.37. The number of carbonyl (C=O) groups is 1. The van der Waals surface area contributed by atoms with Crippen molar-refractivity contribution in [3.63, 3.8) is 0 Å². The molecule has 1 aromatic carbocycles. The van der Waals surface area contributed by atoms with E-state index in [9.17, 15) is 9.90 Å². The molecule has 2 heterocycles. The summed E-state index contributed by atoms with van der Waals surface area (Å²) in [6.45, 7) is 0.348. The van der Waals surface area contributed by atoms with E-state index in [1.54, 1.807) is 10.7 Å². The Morgan fingerprint density at radius 1 is 1.25 bits per heavy atom. The normalized spacial score (nSPS) is 10.6. The lowest BCUT2D eigenvalue weighted by atomic mass is 10.1. The number of phenolic OH excluding ortho intramolecular Hbond substituents is 1. The zero-order chi connectivity index (χ0) is 17.1. The van der Waals surface area contributed by atoms with Crippen LogP contribution in [0.5, 0.6) is 17.2 Å². The van der Waals surface area contributed by atoms with E-state index in [0.717, 1.165) is 11.1 Å². The van der Waals surface area contributed by atoms with Gasteiger partial charge in [0.1, 0.15) is 0 Å². The van der Waals surface area contributed by atoms with Crippen molar-refractivity contribution in [3.05, 3.63) is 53.9 Å². The maximum absolute atomic E-state index is 12.4. The van der Waals surface area contributed by atoms with Crippen LogP contribution in [0.1, 0.15) is 15.9 Å². The lowest BCUT2D eigenvalue weighted by Gasteiger charge is -2.12. The Labute approximate surface area is 138 Å². The van der Waals surface area contributed by atoms with E-state index >= 15 is 0 Å². The van der Waals surface area contributed by atoms with Gasteiger partial charge in [0.15, 0.2) is 11.5 Å². The molecule has 2 N–H and O–H groups in total. The standard InChI is InChI=1S/C17H17N3O4/c1-23-14-8-12(9-15(24-2)16(14)21)17(22)18-10-11-4-3-7-20-13(11)5-6-19-20/h3-9,21H,10H2,1-2H3,(H,18,22). The largest absolute Gasteiger partial charge is 0.502 e. The monoisotopic (exact) mass is 327 g/mol. The predicted molar refractivity (Wildman–Crippen MR) is 87.6 cm³/mol. The average molecular weight is 327 g/mol. The first-order valence-electron chi connectivity index (χ1n) is 7.28. The van der Waals surface area contributed by atoms with Crippen molar-refractivity contribution in [1.29, 1.82) is 0 Å². The maximum atomic E-state index is 12.4. The number of hydrogen-bond donors (Lipinski definition) is 2. The summed E-state index contributed by atoms with van der Waals surface area (Å²) in [5.41, 5.74) is 2.21. The van der Waals surface area contributed by atoms with Gasteiger partial charge < -0.3 is 19.9 Å². The lowest BCUT2D eigenvalue weighted by molar-refractivity contribution is 0.0950. The minimum atomic E-state index is -0.298. The summed E-state index contributed by atoms with van der Waals surface area (Å²) >= 11 is 0. The van der Waals surface area contributed by atoms with Crippen LogP contribution in [-0.2, 0) is 6.54 Å². The van der Waals surface area contributed by atoms with E-state index in [-0.39, 0.29) is 23.2 Å². The second kappa shape index (κ2) is 6.49. The van der Waals surface area contributed by atoms with E-state index in [1.807, 2.05) is 24.4 Å². The van der Waals surface area contributed by atoms with Gasteiger partial charge in [0.2, 0.25) is 5.75 Å². The van der Waals surface area contributed by atoms with Gasteiger partial charge in [0.25, 0.3) is 5.91 Å². The molecular weight excluding hydrogens is 310 g/mol. The highest BCUT2D eigenvalue weighted by atomic mass is 16.5. The van der Waals surface area contributed by atoms with Crippen molar-refractivity contribution in [3.8, 4) is 17.2 Å². The van der Waals surface area contributed by atoms with Gasteiger partial charge in [0.05, 0.1) is 19.7 Å². The first-order chi connectivity index (χ1) is 11.6. The number of pyridine rings is 1. The van der Waals surface area contributed by atoms with Crippen LogP contribution >= 0.6 is 0 Å². The Kier molecular flexibility index (Phi) is 4.24. The van der Waals surface area contributed by atoms with E-state index in [1.165, 1.54) is 26.4 Å². The number of nitrogens with zero attached hydrogens (tertiary/aromatic N) is 2. The van der Waals surface area contributed by atoms with Crippen LogP contribution in [0.15, 0.2) is 42.7 Å². The Bertz CT molecular complexity index is 863. The first-order valence-corrected chi connectivity index (χ1v) is 7.28. The molecule has 0 spiro atoms. The fraction of sp³-hybridized carbons (Fsp3) is 0.176. The molecule has 0 radical (unpaired) electrons. The fourth-order valence-corrected chi connectivity index (χ4v) is 2.47. The number of aromatic nitrogens is 2. The van der Waals surface area contributed by atoms with E-state index < -0.39 is 0 Å². The molecule has 0 aliphatic rings. The number of ether oxygens (including phenoxy) is 2. The van der Waals surface area contributed by atoms with E-state index in [0.29, 0.717) is 12.1 Å². The predicted octanol–water partition coefficient (Wildman–Crippen LogP) is 1.99. The first kappa shape index (κ1) is 15.7. The molecule has 0 saturated heterocycles. The van der Waals surface area contributed by atoms with Crippen LogP contribution in [0, 0.1) is 0 Å². The van der Waals surface area contributed by atoms with Crippen LogP contribution in [0.2, 0.25) is 0 Å². The zero-order valence-corrected chi connectivity index (χ0v) is 13.3. The minimum absolute atomic E-state index is 0.138. The fourth-order valence-electron chi connectivity index (χ4n) is 2.47. The Balaban J connectivity index is 1.81. The van der Waals surface area contributed by atoms with Crippen molar-refractivity contribution in [1.82, 2.24) is 14.9 Å². The van der Waals surface area contributed by atoms with E-state index in [4.69, 9.17) is 9.47 Å². The number of benzene rings is 1. The highest BCUT2D eigenvalue weighted by molar-refractivity contribution is 5.95. The highest BCUT2D eigenvalue weighted by Gasteiger charge is 2.15. The third-order valence-electron chi connectivity index (χ3n) is 3.71. The summed E-state index contributed by atoms with van der Waals surface area (Å²) in [5, 5.41) is 16.9. The number of methoxy groups -OCH3 is 2. The van der Waals surface area contributed by atoms with Gasteiger partial charge in [-0.3, -0.25) is 4.79 Å². The van der Waals surface area contributed by atoms with Crippen molar-refractivity contribution in [2.45, 2.75) is 6.54 Å². The zero-order valence-electron chi connectivity index (χ0n) is 13.3. The molecule has 2 aromatic heterocycles. The van der Waals surface area contributed by atoms with Crippen LogP contribution in [0.25, 0.3) is 5.52 Å². The molecular formula is C17H17N3O4. The Morgan fingerprint density at radius 2 is 1.96 bits per heavy atom. The quantitative estimate of drug-likeness (QED) is 0.748. The van der Waals surface area contributed by atoms with Crippen LogP contribution < -0.4 is 14.8 Å². The number of aromatic hydroxyl groups is 1. The van der Waals surface area contributed by atoms with Gasteiger partial charge in [-0.05, 0) is 29.8 Å². The summed E-state index contributed by atoms with van der Waals surface area (Å²) < 4.78 is 11.9. The molecule has 0 fully saturated rings. The van der Waals surface area contributed by atoms with Gasteiger partial charge in [-0.25, -0.2) is 4.52 Å². The average Bonchev–Trinajstić information content (AvgIpc) is 3.09. The summed E-state index contributed by atoms with van der Waals surface area (Å²) in [6, 6.07) is 8.61. The lowest BCUT2D eigenvalue weighted by Crippen LogP contribution is -2.23. The summed E-state index contributed by atoms with van der Waals surface area (Å²) in [7, 11) is 2.83. The van der Waals surface area contributed by atoms with Gasteiger partial charge in [0, 0.05) is 24.5 Å². The topological polar surface area (TPSA) is 85.1 Å². The molecule has 0 unspecified atom stereocenters. The molecule has 0 saturated carbocycles. The van der Waals surface area contributed by atoms with Gasteiger partial charge in [-0.1, -0.05) is 6.07 Å². The molecule has 3 aromatic rings. The van der Waals surface area contributed by atoms with Gasteiger partial charge in [-0.2, -0.15) is 5.10 Å². The van der Waals surface area contributed by atoms with Crippen molar-refractivity contribution in [2.24, 2.45) is 0 Å². The third-order valence-corrected chi connectivity index (χ3v) is 3.71. The maximum Gasteiger partial charge on any atom is 0.251 e. The van der Waals surface area contributed by atoms with E-state index in [2.05, 4.69) is 10.4 Å². The van der Waals surface area contributed by atoms with Crippen molar-refractivity contribution < 1.29 is 19.4 Å². The molecule has 7 nitrogen and oxygen atoms in total. The number of hydrogen-bond acceptors (Lipinski definition) is 5. The van der Waals surface area contributed by atoms with Crippen LogP contribution in [0.4, 0.5) is 0 Å². The molecule has 7 heteroatoms. The molecule has 24 heavy (non-hydrogen) atoms. The van der Waals surface area contributed by atoms with Gasteiger partial charge in [-0.15, -0.1) is 0 Å². The molecule has 0 atom stereocenters.